The molecule has 0 unspecified atom stereocenters. The largest absolute Gasteiger partial charge is 0.384 e. The van der Waals surface area contributed by atoms with E-state index in [-0.39, 0.29) is 4.90 Å². The molecule has 4 rings (SSSR count). The maximum Gasteiger partial charge on any atom is 0.242 e. The molecule has 31 heavy (non-hydrogen) atoms. The van der Waals surface area contributed by atoms with Crippen molar-refractivity contribution in [1.82, 2.24) is 24.2 Å². The summed E-state index contributed by atoms with van der Waals surface area (Å²) in [6.07, 6.45) is 3.18. The number of anilines is 1. The summed E-state index contributed by atoms with van der Waals surface area (Å²) in [7, 11) is -0.426. The lowest BCUT2D eigenvalue weighted by Crippen LogP contribution is -2.22. The Hall–Kier alpha value is -3.30. The minimum Gasteiger partial charge on any atom is -0.384 e. The zero-order valence-electron chi connectivity index (χ0n) is 17.6. The number of benzene rings is 1. The topological polar surface area (TPSA) is 118 Å². The molecule has 0 bridgehead atoms. The number of nitrogens with zero attached hydrogens (tertiary/aromatic N) is 4. The lowest BCUT2D eigenvalue weighted by Gasteiger charge is -2.11. The van der Waals surface area contributed by atoms with Gasteiger partial charge in [-0.05, 0) is 48.7 Å². The molecule has 3 aromatic heterocycles. The molecule has 1 aromatic carbocycles. The molecule has 0 saturated heterocycles. The van der Waals surface area contributed by atoms with E-state index >= 15 is 0 Å². The van der Waals surface area contributed by atoms with Gasteiger partial charge in [0, 0.05) is 38.0 Å². The first-order chi connectivity index (χ1) is 14.7. The maximum absolute atomic E-state index is 12.2. The number of aryl methyl sites for hydroxylation is 3. The number of fused-ring (bicyclic) bond motifs is 1. The Labute approximate surface area is 181 Å². The fourth-order valence-electron chi connectivity index (χ4n) is 3.33. The van der Waals surface area contributed by atoms with Gasteiger partial charge in [0.1, 0.15) is 17.2 Å². The van der Waals surface area contributed by atoms with Crippen LogP contribution in [0.5, 0.6) is 0 Å². The average Bonchev–Trinajstić information content (AvgIpc) is 3.16. The standard InChI is InChI=1S/C22H24N6O2S/c1-14-4-10-20(23)25-18(14)9-11-21-26-19-12-16(13-24-22(19)27-21)15-5-7-17(8-6-15)31(29,30)28(2)3/h4-8,10,12-13H,9,11H2,1-3H3,(H2,23,25)(H,24,26,27). The van der Waals surface area contributed by atoms with Gasteiger partial charge < -0.3 is 10.7 Å². The quantitative estimate of drug-likeness (QED) is 0.480. The second kappa shape index (κ2) is 8.09. The lowest BCUT2D eigenvalue weighted by atomic mass is 10.1. The monoisotopic (exact) mass is 436 g/mol. The predicted octanol–water partition coefficient (Wildman–Crippen LogP) is 2.95. The Kier molecular flexibility index (Phi) is 5.47. The molecule has 0 aliphatic rings. The van der Waals surface area contributed by atoms with Gasteiger partial charge in [0.2, 0.25) is 10.0 Å². The van der Waals surface area contributed by atoms with Gasteiger partial charge in [-0.2, -0.15) is 0 Å². The van der Waals surface area contributed by atoms with Crippen molar-refractivity contribution in [3.8, 4) is 11.1 Å². The summed E-state index contributed by atoms with van der Waals surface area (Å²) in [5, 5.41) is 0. The SMILES string of the molecule is Cc1ccc(N)nc1CCc1nc2cc(-c3ccc(S(=O)(=O)N(C)C)cc3)cnc2[nH]1. The molecule has 0 fully saturated rings. The van der Waals surface area contributed by atoms with E-state index in [0.717, 1.165) is 40.1 Å². The van der Waals surface area contributed by atoms with Crippen LogP contribution in [0, 0.1) is 6.92 Å². The van der Waals surface area contributed by atoms with Crippen LogP contribution in [0.25, 0.3) is 22.3 Å². The van der Waals surface area contributed by atoms with Crippen LogP contribution in [-0.4, -0.2) is 46.8 Å². The number of imidazole rings is 1. The number of pyridine rings is 2. The number of aromatic nitrogens is 4. The average molecular weight is 437 g/mol. The molecule has 0 aliphatic heterocycles. The van der Waals surface area contributed by atoms with Gasteiger partial charge in [0.15, 0.2) is 5.65 Å². The van der Waals surface area contributed by atoms with Gasteiger partial charge >= 0.3 is 0 Å². The third kappa shape index (κ3) is 4.28. The second-order valence-electron chi connectivity index (χ2n) is 7.59. The zero-order chi connectivity index (χ0) is 22.2. The number of nitrogen functional groups attached to an aromatic ring is 1. The van der Waals surface area contributed by atoms with E-state index in [4.69, 9.17) is 5.73 Å². The van der Waals surface area contributed by atoms with E-state index in [2.05, 4.69) is 19.9 Å². The summed E-state index contributed by atoms with van der Waals surface area (Å²) in [6, 6.07) is 12.5. The molecule has 3 N–H and O–H groups in total. The van der Waals surface area contributed by atoms with Crippen molar-refractivity contribution in [3.05, 3.63) is 65.7 Å². The first-order valence-electron chi connectivity index (χ1n) is 9.83. The van der Waals surface area contributed by atoms with Crippen molar-refractivity contribution in [1.29, 1.82) is 0 Å². The van der Waals surface area contributed by atoms with E-state index in [0.29, 0.717) is 17.9 Å². The molecular weight excluding hydrogens is 412 g/mol. The second-order valence-corrected chi connectivity index (χ2v) is 9.74. The third-order valence-corrected chi connectivity index (χ3v) is 7.00. The smallest absolute Gasteiger partial charge is 0.242 e. The van der Waals surface area contributed by atoms with Crippen molar-refractivity contribution in [2.75, 3.05) is 19.8 Å². The molecule has 4 aromatic rings. The number of nitrogens with one attached hydrogen (secondary N) is 1. The van der Waals surface area contributed by atoms with Crippen molar-refractivity contribution in [2.45, 2.75) is 24.7 Å². The van der Waals surface area contributed by atoms with Crippen LogP contribution in [0.2, 0.25) is 0 Å². The Morgan fingerprint density at radius 1 is 1.00 bits per heavy atom. The summed E-state index contributed by atoms with van der Waals surface area (Å²) in [5.41, 5.74) is 11.1. The summed E-state index contributed by atoms with van der Waals surface area (Å²) in [5.74, 6) is 1.34. The maximum atomic E-state index is 12.2. The minimum atomic E-state index is -3.45. The van der Waals surface area contributed by atoms with Gasteiger partial charge in [0.25, 0.3) is 0 Å². The van der Waals surface area contributed by atoms with E-state index in [1.54, 1.807) is 36.5 Å². The number of sulfonamides is 1. The Balaban J connectivity index is 1.56. The van der Waals surface area contributed by atoms with Crippen molar-refractivity contribution in [2.24, 2.45) is 0 Å². The molecule has 0 spiro atoms. The van der Waals surface area contributed by atoms with Crippen LogP contribution in [0.3, 0.4) is 0 Å². The molecular formula is C22H24N6O2S. The molecule has 0 amide bonds. The summed E-state index contributed by atoms with van der Waals surface area (Å²) < 4.78 is 25.7. The minimum absolute atomic E-state index is 0.253. The number of rotatable bonds is 6. The molecule has 0 radical (unpaired) electrons. The summed E-state index contributed by atoms with van der Waals surface area (Å²) in [4.78, 5) is 17.1. The van der Waals surface area contributed by atoms with Crippen LogP contribution in [-0.2, 0) is 22.9 Å². The fourth-order valence-corrected chi connectivity index (χ4v) is 4.23. The molecule has 9 heteroatoms. The van der Waals surface area contributed by atoms with Crippen LogP contribution in [0.15, 0.2) is 53.6 Å². The van der Waals surface area contributed by atoms with Gasteiger partial charge in [0.05, 0.1) is 4.90 Å². The Bertz CT molecular complexity index is 1340. The number of hydrogen-bond donors (Lipinski definition) is 2. The van der Waals surface area contributed by atoms with Crippen LogP contribution in [0.4, 0.5) is 5.82 Å². The highest BCUT2D eigenvalue weighted by atomic mass is 32.2. The molecule has 160 valence electrons. The van der Waals surface area contributed by atoms with Crippen LogP contribution < -0.4 is 5.73 Å². The van der Waals surface area contributed by atoms with Gasteiger partial charge in [-0.25, -0.2) is 27.7 Å². The highest BCUT2D eigenvalue weighted by molar-refractivity contribution is 7.89. The molecule has 0 aliphatic carbocycles. The first-order valence-corrected chi connectivity index (χ1v) is 11.3. The van der Waals surface area contributed by atoms with Crippen LogP contribution in [0.1, 0.15) is 17.1 Å². The van der Waals surface area contributed by atoms with Crippen molar-refractivity contribution < 1.29 is 8.42 Å². The Morgan fingerprint density at radius 2 is 1.74 bits per heavy atom. The normalized spacial score (nSPS) is 12.0. The molecule has 3 heterocycles. The van der Waals surface area contributed by atoms with Crippen LogP contribution >= 0.6 is 0 Å². The third-order valence-electron chi connectivity index (χ3n) is 5.17. The number of H-pyrrole nitrogens is 1. The first kappa shape index (κ1) is 21.0. The van der Waals surface area contributed by atoms with E-state index in [1.807, 2.05) is 19.1 Å². The zero-order valence-corrected chi connectivity index (χ0v) is 18.4. The van der Waals surface area contributed by atoms with E-state index < -0.39 is 10.0 Å². The number of aromatic amines is 1. The highest BCUT2D eigenvalue weighted by Gasteiger charge is 2.17. The molecule has 0 atom stereocenters. The van der Waals surface area contributed by atoms with E-state index in [1.165, 1.54) is 18.4 Å². The predicted molar refractivity (Wildman–Crippen MR) is 121 cm³/mol. The van der Waals surface area contributed by atoms with Gasteiger partial charge in [-0.3, -0.25) is 0 Å². The van der Waals surface area contributed by atoms with Gasteiger partial charge in [-0.15, -0.1) is 0 Å². The lowest BCUT2D eigenvalue weighted by molar-refractivity contribution is 0.521. The molecule has 0 saturated carbocycles. The van der Waals surface area contributed by atoms with Gasteiger partial charge in [-0.1, -0.05) is 18.2 Å². The summed E-state index contributed by atoms with van der Waals surface area (Å²) in [6.45, 7) is 2.02. The molecule has 8 nitrogen and oxygen atoms in total. The fraction of sp³-hybridized carbons (Fsp3) is 0.227. The van der Waals surface area contributed by atoms with Crippen molar-refractivity contribution in [3.63, 3.8) is 0 Å². The van der Waals surface area contributed by atoms with Crippen molar-refractivity contribution >= 4 is 27.0 Å². The number of hydrogen-bond acceptors (Lipinski definition) is 6. The Morgan fingerprint density at radius 3 is 2.45 bits per heavy atom. The van der Waals surface area contributed by atoms with E-state index in [9.17, 15) is 8.42 Å². The summed E-state index contributed by atoms with van der Waals surface area (Å²) >= 11 is 0. The number of nitrogens with two attached hydrogens (primary N) is 1. The highest BCUT2D eigenvalue weighted by Crippen LogP contribution is 2.24.